The number of rotatable bonds is 2. The Morgan fingerprint density at radius 2 is 1.00 bits per heavy atom. The highest BCUT2D eigenvalue weighted by atomic mass is 16.8. The van der Waals surface area contributed by atoms with Crippen molar-refractivity contribution in [1.29, 1.82) is 0 Å². The van der Waals surface area contributed by atoms with Gasteiger partial charge in [0.15, 0.2) is 0 Å². The molecule has 8 heteroatoms. The minimum absolute atomic E-state index is 0.308. The summed E-state index contributed by atoms with van der Waals surface area (Å²) in [6.45, 7) is 10.7. The molecule has 2 amide bonds. The van der Waals surface area contributed by atoms with Crippen molar-refractivity contribution in [1.82, 2.24) is 10.6 Å². The Bertz CT molecular complexity index is 585. The Morgan fingerprint density at radius 1 is 0.731 bits per heavy atom. The summed E-state index contributed by atoms with van der Waals surface area (Å²) in [7, 11) is 0. The standard InChI is InChI=1S/C18H30N2O6/c1-13(2,3)19-11(21)17(23)15(7-8-15)26-18(24,16(25-17)9-10-16)12(22)20-14(4,5)6/h23-24H,7-10H2,1-6H3,(H,19,21)(H,20,22)/t17-,18-/m1/s1. The zero-order chi connectivity index (χ0) is 19.8. The maximum atomic E-state index is 12.8. The van der Waals surface area contributed by atoms with Gasteiger partial charge >= 0.3 is 0 Å². The van der Waals surface area contributed by atoms with Gasteiger partial charge in [0, 0.05) is 11.1 Å². The molecule has 3 aliphatic rings. The van der Waals surface area contributed by atoms with Crippen molar-refractivity contribution in [2.75, 3.05) is 0 Å². The first-order valence-corrected chi connectivity index (χ1v) is 9.09. The second kappa shape index (κ2) is 5.19. The number of hydrogen-bond donors (Lipinski definition) is 4. The third kappa shape index (κ3) is 2.93. The van der Waals surface area contributed by atoms with Crippen molar-refractivity contribution in [2.45, 2.75) is 101 Å². The monoisotopic (exact) mass is 370 g/mol. The van der Waals surface area contributed by atoms with Crippen LogP contribution in [0.25, 0.3) is 0 Å². The molecule has 2 saturated carbocycles. The van der Waals surface area contributed by atoms with Crippen molar-refractivity contribution in [3.63, 3.8) is 0 Å². The van der Waals surface area contributed by atoms with Gasteiger partial charge < -0.3 is 30.3 Å². The van der Waals surface area contributed by atoms with Crippen molar-refractivity contribution in [3.05, 3.63) is 0 Å². The molecule has 8 nitrogen and oxygen atoms in total. The first-order chi connectivity index (χ1) is 11.6. The summed E-state index contributed by atoms with van der Waals surface area (Å²) in [6.07, 6.45) is 1.23. The smallest absolute Gasteiger partial charge is 0.283 e. The lowest BCUT2D eigenvalue weighted by Gasteiger charge is -2.51. The van der Waals surface area contributed by atoms with Crippen LogP contribution in [0.15, 0.2) is 0 Å². The molecule has 148 valence electrons. The minimum Gasteiger partial charge on any atom is -0.356 e. The van der Waals surface area contributed by atoms with Crippen molar-refractivity contribution >= 4 is 11.8 Å². The van der Waals surface area contributed by atoms with Gasteiger partial charge in [-0.3, -0.25) is 9.59 Å². The highest BCUT2D eigenvalue weighted by Crippen LogP contribution is 2.64. The molecule has 2 atom stereocenters. The molecule has 1 heterocycles. The summed E-state index contributed by atoms with van der Waals surface area (Å²) in [5, 5.41) is 27.6. The normalized spacial score (nSPS) is 34.5. The third-order valence-electron chi connectivity index (χ3n) is 4.92. The van der Waals surface area contributed by atoms with Gasteiger partial charge in [0.2, 0.25) is 0 Å². The summed E-state index contributed by atoms with van der Waals surface area (Å²) in [6, 6.07) is 0. The second-order valence-electron chi connectivity index (χ2n) is 9.89. The average Bonchev–Trinajstić information content (AvgIpc) is 3.30. The van der Waals surface area contributed by atoms with Gasteiger partial charge in [0.25, 0.3) is 23.4 Å². The van der Waals surface area contributed by atoms with Crippen LogP contribution < -0.4 is 10.6 Å². The molecule has 0 bridgehead atoms. The van der Waals surface area contributed by atoms with Gasteiger partial charge in [-0.2, -0.15) is 0 Å². The number of carbonyl (C=O) groups excluding carboxylic acids is 2. The van der Waals surface area contributed by atoms with Crippen molar-refractivity contribution in [2.24, 2.45) is 0 Å². The Morgan fingerprint density at radius 3 is 1.19 bits per heavy atom. The van der Waals surface area contributed by atoms with E-state index in [0.717, 1.165) is 0 Å². The first-order valence-electron chi connectivity index (χ1n) is 9.09. The molecule has 2 spiro atoms. The highest BCUT2D eigenvalue weighted by Gasteiger charge is 2.82. The number of amides is 2. The zero-order valence-corrected chi connectivity index (χ0v) is 16.4. The van der Waals surface area contributed by atoms with Gasteiger partial charge in [-0.1, -0.05) is 0 Å². The number of hydrogen-bond acceptors (Lipinski definition) is 6. The molecule has 1 aliphatic heterocycles. The summed E-state index contributed by atoms with van der Waals surface area (Å²) in [5.74, 6) is -5.92. The van der Waals surface area contributed by atoms with Crippen LogP contribution >= 0.6 is 0 Å². The maximum absolute atomic E-state index is 12.8. The summed E-state index contributed by atoms with van der Waals surface area (Å²) < 4.78 is 11.6. The largest absolute Gasteiger partial charge is 0.356 e. The molecule has 2 aliphatic carbocycles. The fourth-order valence-electron chi connectivity index (χ4n) is 3.36. The van der Waals surface area contributed by atoms with E-state index in [2.05, 4.69) is 10.6 Å². The van der Waals surface area contributed by atoms with Crippen LogP contribution in [-0.2, 0) is 19.1 Å². The first kappa shape index (κ1) is 19.5. The molecular weight excluding hydrogens is 340 g/mol. The Kier molecular flexibility index (Phi) is 3.90. The topological polar surface area (TPSA) is 117 Å². The van der Waals surface area contributed by atoms with Crippen molar-refractivity contribution < 1.29 is 29.3 Å². The van der Waals surface area contributed by atoms with E-state index < -0.39 is 45.7 Å². The second-order valence-corrected chi connectivity index (χ2v) is 9.89. The van der Waals surface area contributed by atoms with Crippen LogP contribution in [0.2, 0.25) is 0 Å². The van der Waals surface area contributed by atoms with E-state index >= 15 is 0 Å². The van der Waals surface area contributed by atoms with Gasteiger partial charge in [0.05, 0.1) is 0 Å². The SMILES string of the molecule is CC(C)(C)NC(=O)[C@@]1(O)OC2(CC2)[C@@](O)(C(=O)NC(C)(C)C)OC12CC2. The molecule has 0 aromatic carbocycles. The quantitative estimate of drug-likeness (QED) is 0.556. The van der Waals surface area contributed by atoms with Crippen LogP contribution in [0.3, 0.4) is 0 Å². The average molecular weight is 370 g/mol. The van der Waals surface area contributed by atoms with Crippen LogP contribution in [-0.4, -0.2) is 55.9 Å². The fraction of sp³-hybridized carbons (Fsp3) is 0.889. The predicted molar refractivity (Wildman–Crippen MR) is 91.8 cm³/mol. The van der Waals surface area contributed by atoms with Gasteiger partial charge in [-0.25, -0.2) is 0 Å². The van der Waals surface area contributed by atoms with Gasteiger partial charge in [-0.05, 0) is 67.2 Å². The van der Waals surface area contributed by atoms with Gasteiger partial charge in [-0.15, -0.1) is 0 Å². The Hall–Kier alpha value is -1.22. The molecular formula is C18H30N2O6. The van der Waals surface area contributed by atoms with Crippen LogP contribution in [0.4, 0.5) is 0 Å². The lowest BCUT2D eigenvalue weighted by molar-refractivity contribution is -0.415. The summed E-state index contributed by atoms with van der Waals surface area (Å²) >= 11 is 0. The van der Waals surface area contributed by atoms with Crippen LogP contribution in [0.1, 0.15) is 67.2 Å². The number of aliphatic hydroxyl groups is 2. The number of carbonyl (C=O) groups is 2. The predicted octanol–water partition coefficient (Wildman–Crippen LogP) is 0.305. The molecule has 3 fully saturated rings. The lowest BCUT2D eigenvalue weighted by Crippen LogP contribution is -2.75. The Balaban J connectivity index is 1.91. The molecule has 1 saturated heterocycles. The lowest BCUT2D eigenvalue weighted by atomic mass is 9.95. The molecule has 3 rings (SSSR count). The van der Waals surface area contributed by atoms with Crippen LogP contribution in [0, 0.1) is 0 Å². The number of ether oxygens (including phenoxy) is 2. The van der Waals surface area contributed by atoms with Gasteiger partial charge in [0.1, 0.15) is 11.2 Å². The third-order valence-corrected chi connectivity index (χ3v) is 4.92. The van der Waals surface area contributed by atoms with E-state index in [1.165, 1.54) is 0 Å². The summed E-state index contributed by atoms with van der Waals surface area (Å²) in [5.41, 5.74) is -4.03. The van der Waals surface area contributed by atoms with E-state index in [-0.39, 0.29) is 0 Å². The van der Waals surface area contributed by atoms with E-state index in [1.807, 2.05) is 0 Å². The Labute approximate surface area is 153 Å². The highest BCUT2D eigenvalue weighted by molar-refractivity contribution is 5.89. The van der Waals surface area contributed by atoms with Crippen LogP contribution in [0.5, 0.6) is 0 Å². The van der Waals surface area contributed by atoms with E-state index in [9.17, 15) is 19.8 Å². The molecule has 0 unspecified atom stereocenters. The molecule has 0 aromatic rings. The van der Waals surface area contributed by atoms with Crippen molar-refractivity contribution in [3.8, 4) is 0 Å². The van der Waals surface area contributed by atoms with E-state index in [0.29, 0.717) is 25.7 Å². The number of nitrogens with one attached hydrogen (secondary N) is 2. The minimum atomic E-state index is -2.25. The maximum Gasteiger partial charge on any atom is 0.283 e. The van der Waals surface area contributed by atoms with E-state index in [4.69, 9.17) is 9.47 Å². The van der Waals surface area contributed by atoms with E-state index in [1.54, 1.807) is 41.5 Å². The molecule has 0 radical (unpaired) electrons. The molecule has 0 aromatic heterocycles. The molecule has 4 N–H and O–H groups in total. The zero-order valence-electron chi connectivity index (χ0n) is 16.4. The molecule has 26 heavy (non-hydrogen) atoms. The fourth-order valence-corrected chi connectivity index (χ4v) is 3.36. The summed E-state index contributed by atoms with van der Waals surface area (Å²) in [4.78, 5) is 25.5.